The van der Waals surface area contributed by atoms with Gasteiger partial charge in [0, 0.05) is 25.0 Å². The lowest BCUT2D eigenvalue weighted by molar-refractivity contribution is -0.121. The first kappa shape index (κ1) is 15.1. The summed E-state index contributed by atoms with van der Waals surface area (Å²) in [7, 11) is 1.71. The quantitative estimate of drug-likeness (QED) is 0.609. The molecule has 1 amide bonds. The molecule has 2 aliphatic rings. The first-order valence-electron chi connectivity index (χ1n) is 7.08. The number of carbonyl (C=O) groups excluding carboxylic acids is 1. The number of benzene rings is 1. The summed E-state index contributed by atoms with van der Waals surface area (Å²) in [6, 6.07) is 8.30. The molecular weight excluding hydrogens is 312 g/mol. The van der Waals surface area contributed by atoms with Crippen LogP contribution in [-0.4, -0.2) is 28.7 Å². The van der Waals surface area contributed by atoms with Gasteiger partial charge in [-0.05, 0) is 36.8 Å². The van der Waals surface area contributed by atoms with Crippen LogP contribution in [-0.2, 0) is 4.79 Å². The summed E-state index contributed by atoms with van der Waals surface area (Å²) in [6.45, 7) is 2.99. The molecule has 0 unspecified atom stereocenters. The molecule has 1 aromatic carbocycles. The number of allylic oxidation sites excluding steroid dienone is 3. The van der Waals surface area contributed by atoms with Crippen LogP contribution in [0.1, 0.15) is 12.5 Å². The molecule has 2 aliphatic heterocycles. The number of carbonyl (C=O) groups is 1. The Labute approximate surface area is 140 Å². The van der Waals surface area contributed by atoms with Crippen molar-refractivity contribution >= 4 is 46.0 Å². The summed E-state index contributed by atoms with van der Waals surface area (Å²) in [6.07, 6.45) is 8.03. The van der Waals surface area contributed by atoms with Gasteiger partial charge in [-0.15, -0.1) is 0 Å². The molecule has 1 saturated heterocycles. The second-order valence-electron chi connectivity index (χ2n) is 4.99. The van der Waals surface area contributed by atoms with Gasteiger partial charge in [0.1, 0.15) is 4.32 Å². The van der Waals surface area contributed by atoms with Gasteiger partial charge in [-0.3, -0.25) is 9.69 Å². The number of hydrogen-bond donors (Lipinski definition) is 0. The number of anilines is 1. The maximum atomic E-state index is 12.0. The maximum absolute atomic E-state index is 12.0. The van der Waals surface area contributed by atoms with Crippen molar-refractivity contribution in [1.29, 1.82) is 0 Å². The normalized spacial score (nSPS) is 21.2. The van der Waals surface area contributed by atoms with E-state index in [1.54, 1.807) is 7.05 Å². The third kappa shape index (κ3) is 2.62. The van der Waals surface area contributed by atoms with E-state index in [9.17, 15) is 4.79 Å². The van der Waals surface area contributed by atoms with Gasteiger partial charge in [-0.25, -0.2) is 0 Å². The van der Waals surface area contributed by atoms with Gasteiger partial charge in [0.05, 0.1) is 4.91 Å². The highest BCUT2D eigenvalue weighted by Crippen LogP contribution is 2.32. The van der Waals surface area contributed by atoms with Gasteiger partial charge >= 0.3 is 0 Å². The van der Waals surface area contributed by atoms with Crippen LogP contribution in [0.15, 0.2) is 53.1 Å². The standard InChI is InChI=1S/C17H16N2OS2/c1-3-19-13(9-8-12-6-4-5-7-14(12)19)10-11-15-16(20)18(2)17(21)22-15/h4-11H,3H2,1-2H3/b13-10-,15-11-. The number of thioether (sulfide) groups is 1. The van der Waals surface area contributed by atoms with Gasteiger partial charge in [-0.2, -0.15) is 0 Å². The second kappa shape index (κ2) is 6.10. The molecule has 0 aliphatic carbocycles. The fraction of sp³-hybridized carbons (Fsp3) is 0.176. The van der Waals surface area contributed by atoms with Crippen LogP contribution in [0, 0.1) is 0 Å². The fourth-order valence-corrected chi connectivity index (χ4v) is 3.62. The van der Waals surface area contributed by atoms with E-state index in [1.807, 2.05) is 24.3 Å². The Bertz CT molecular complexity index is 734. The number of fused-ring (bicyclic) bond motifs is 1. The number of likely N-dealkylation sites (N-methyl/N-ethyl adjacent to an activating group) is 2. The zero-order valence-corrected chi connectivity index (χ0v) is 14.1. The van der Waals surface area contributed by atoms with Crippen LogP contribution in [0.3, 0.4) is 0 Å². The van der Waals surface area contributed by atoms with Gasteiger partial charge < -0.3 is 4.90 Å². The van der Waals surface area contributed by atoms with Crippen LogP contribution < -0.4 is 4.90 Å². The zero-order valence-electron chi connectivity index (χ0n) is 12.4. The van der Waals surface area contributed by atoms with Crippen molar-refractivity contribution in [3.8, 4) is 0 Å². The molecule has 0 aromatic heterocycles. The van der Waals surface area contributed by atoms with E-state index in [0.717, 1.165) is 12.2 Å². The van der Waals surface area contributed by atoms with Gasteiger partial charge in [0.15, 0.2) is 0 Å². The van der Waals surface area contributed by atoms with E-state index < -0.39 is 0 Å². The smallest absolute Gasteiger partial charge is 0.265 e. The lowest BCUT2D eigenvalue weighted by Crippen LogP contribution is -2.23. The van der Waals surface area contributed by atoms with Crippen molar-refractivity contribution in [1.82, 2.24) is 4.90 Å². The Kier molecular flexibility index (Phi) is 4.18. The van der Waals surface area contributed by atoms with E-state index in [0.29, 0.717) is 9.23 Å². The van der Waals surface area contributed by atoms with Crippen molar-refractivity contribution in [2.24, 2.45) is 0 Å². The predicted molar refractivity (Wildman–Crippen MR) is 97.6 cm³/mol. The van der Waals surface area contributed by atoms with E-state index in [-0.39, 0.29) is 5.91 Å². The number of para-hydroxylation sites is 1. The molecule has 3 nitrogen and oxygen atoms in total. The average Bonchev–Trinajstić information content (AvgIpc) is 2.79. The highest BCUT2D eigenvalue weighted by Gasteiger charge is 2.28. The molecule has 0 N–H and O–H groups in total. The molecule has 0 bridgehead atoms. The minimum atomic E-state index is -0.0323. The predicted octanol–water partition coefficient (Wildman–Crippen LogP) is 3.80. The fourth-order valence-electron chi connectivity index (χ4n) is 2.50. The first-order chi connectivity index (χ1) is 10.6. The van der Waals surface area contributed by atoms with Crippen molar-refractivity contribution < 1.29 is 4.79 Å². The van der Waals surface area contributed by atoms with E-state index in [4.69, 9.17) is 12.2 Å². The Balaban J connectivity index is 1.93. The van der Waals surface area contributed by atoms with E-state index >= 15 is 0 Å². The third-order valence-electron chi connectivity index (χ3n) is 3.68. The highest BCUT2D eigenvalue weighted by atomic mass is 32.2. The maximum Gasteiger partial charge on any atom is 0.265 e. The minimum absolute atomic E-state index is 0.0323. The molecule has 22 heavy (non-hydrogen) atoms. The molecule has 3 rings (SSSR count). The third-order valence-corrected chi connectivity index (χ3v) is 5.18. The summed E-state index contributed by atoms with van der Waals surface area (Å²) in [5.41, 5.74) is 3.47. The summed E-state index contributed by atoms with van der Waals surface area (Å²) in [4.78, 5) is 16.4. The number of nitrogens with zero attached hydrogens (tertiary/aromatic N) is 2. The lowest BCUT2D eigenvalue weighted by Gasteiger charge is -2.29. The molecule has 0 spiro atoms. The molecule has 0 atom stereocenters. The van der Waals surface area contributed by atoms with Gasteiger partial charge in [-0.1, -0.05) is 48.3 Å². The first-order valence-corrected chi connectivity index (χ1v) is 8.30. The Morgan fingerprint density at radius 1 is 1.23 bits per heavy atom. The van der Waals surface area contributed by atoms with Crippen molar-refractivity contribution in [3.05, 3.63) is 58.7 Å². The van der Waals surface area contributed by atoms with E-state index in [2.05, 4.69) is 36.1 Å². The summed E-state index contributed by atoms with van der Waals surface area (Å²) in [5.74, 6) is -0.0323. The van der Waals surface area contributed by atoms with Crippen LogP contribution in [0.25, 0.3) is 6.08 Å². The van der Waals surface area contributed by atoms with Crippen molar-refractivity contribution in [2.45, 2.75) is 6.92 Å². The second-order valence-corrected chi connectivity index (χ2v) is 6.67. The summed E-state index contributed by atoms with van der Waals surface area (Å²) in [5, 5.41) is 0. The Morgan fingerprint density at radius 3 is 2.68 bits per heavy atom. The van der Waals surface area contributed by atoms with Crippen molar-refractivity contribution in [2.75, 3.05) is 18.5 Å². The molecule has 0 saturated carbocycles. The Morgan fingerprint density at radius 2 is 2.00 bits per heavy atom. The molecule has 0 radical (unpaired) electrons. The summed E-state index contributed by atoms with van der Waals surface area (Å²) >= 11 is 6.49. The van der Waals surface area contributed by atoms with Gasteiger partial charge in [0.2, 0.25) is 0 Å². The molecule has 112 valence electrons. The minimum Gasteiger partial charge on any atom is -0.341 e. The molecule has 1 fully saturated rings. The average molecular weight is 328 g/mol. The van der Waals surface area contributed by atoms with Crippen LogP contribution in [0.4, 0.5) is 5.69 Å². The van der Waals surface area contributed by atoms with Crippen molar-refractivity contribution in [3.63, 3.8) is 0 Å². The summed E-state index contributed by atoms with van der Waals surface area (Å²) < 4.78 is 0.603. The van der Waals surface area contributed by atoms with Crippen LogP contribution in [0.2, 0.25) is 0 Å². The number of thiocarbonyl (C=S) groups is 1. The highest BCUT2D eigenvalue weighted by molar-refractivity contribution is 8.26. The lowest BCUT2D eigenvalue weighted by atomic mass is 10.1. The zero-order chi connectivity index (χ0) is 15.7. The SMILES string of the molecule is CCN1/C(=C\C=C2/SC(=S)N(C)C2=O)C=Cc2ccccc21. The van der Waals surface area contributed by atoms with Crippen LogP contribution >= 0.6 is 24.0 Å². The van der Waals surface area contributed by atoms with Crippen LogP contribution in [0.5, 0.6) is 0 Å². The van der Waals surface area contributed by atoms with E-state index in [1.165, 1.54) is 27.9 Å². The molecular formula is C17H16N2OS2. The number of amides is 1. The largest absolute Gasteiger partial charge is 0.341 e. The monoisotopic (exact) mass is 328 g/mol. The molecule has 2 heterocycles. The number of rotatable bonds is 2. The topological polar surface area (TPSA) is 23.6 Å². The molecule has 5 heteroatoms. The van der Waals surface area contributed by atoms with Gasteiger partial charge in [0.25, 0.3) is 5.91 Å². The molecule has 1 aromatic rings. The number of hydrogen-bond acceptors (Lipinski definition) is 4. The Hall–Kier alpha value is -1.85.